The van der Waals surface area contributed by atoms with Crippen molar-refractivity contribution in [2.24, 2.45) is 16.5 Å². The van der Waals surface area contributed by atoms with Crippen LogP contribution in [0.3, 0.4) is 0 Å². The largest absolute Gasteiger partial charge is 0.481 e. The zero-order valence-corrected chi connectivity index (χ0v) is 20.2. The Hall–Kier alpha value is -3.86. The fraction of sp³-hybridized carbons (Fsp3) is 0.250. The normalized spacial score (nSPS) is 14.5. The van der Waals surface area contributed by atoms with E-state index in [4.69, 9.17) is 11.5 Å². The third kappa shape index (κ3) is 5.29. The molecule has 4 rings (SSSR count). The molecule has 8 N–H and O–H groups in total. The number of hydrogen-bond acceptors (Lipinski definition) is 4. The number of nitrogens with zero attached hydrogens (tertiary/aromatic N) is 1. The first kappa shape index (κ1) is 24.3. The van der Waals surface area contributed by atoms with Crippen LogP contribution in [0.15, 0.2) is 39.8 Å². The first-order chi connectivity index (χ1) is 16.6. The van der Waals surface area contributed by atoms with Crippen molar-refractivity contribution >= 4 is 56.3 Å². The van der Waals surface area contributed by atoms with Crippen LogP contribution >= 0.6 is 15.9 Å². The van der Waals surface area contributed by atoms with E-state index in [2.05, 4.69) is 31.2 Å². The fourth-order valence-corrected chi connectivity index (χ4v) is 5.15. The third-order valence-corrected chi connectivity index (χ3v) is 6.49. The zero-order valence-electron chi connectivity index (χ0n) is 18.6. The molecule has 0 aliphatic heterocycles. The van der Waals surface area contributed by atoms with Gasteiger partial charge in [0, 0.05) is 27.5 Å². The van der Waals surface area contributed by atoms with Crippen molar-refractivity contribution in [2.75, 3.05) is 5.32 Å². The quantitative estimate of drug-likeness (QED) is 0.187. The van der Waals surface area contributed by atoms with Gasteiger partial charge in [-0.25, -0.2) is 9.79 Å². The van der Waals surface area contributed by atoms with E-state index in [9.17, 15) is 24.6 Å². The predicted octanol–water partition coefficient (Wildman–Crippen LogP) is 3.09. The molecule has 3 aromatic rings. The van der Waals surface area contributed by atoms with Crippen molar-refractivity contribution in [3.8, 4) is 0 Å². The number of aryl methyl sites for hydroxylation is 1. The molecule has 0 fully saturated rings. The van der Waals surface area contributed by atoms with Crippen molar-refractivity contribution in [3.05, 3.63) is 62.8 Å². The highest BCUT2D eigenvalue weighted by atomic mass is 79.9. The zero-order chi connectivity index (χ0) is 25.3. The number of aromatic amines is 1. The van der Waals surface area contributed by atoms with Crippen LogP contribution in [-0.4, -0.2) is 39.0 Å². The lowest BCUT2D eigenvalue weighted by atomic mass is 9.81. The molecular formula is C24H24BrN5O5. The number of aliphatic carboxylic acids is 1. The monoisotopic (exact) mass is 541 g/mol. The Morgan fingerprint density at radius 3 is 2.63 bits per heavy atom. The number of aliphatic imine (C=N–C) groups is 1. The molecule has 0 spiro atoms. The van der Waals surface area contributed by atoms with Gasteiger partial charge in [-0.3, -0.25) is 9.59 Å². The van der Waals surface area contributed by atoms with Gasteiger partial charge in [0.25, 0.3) is 0 Å². The van der Waals surface area contributed by atoms with Crippen LogP contribution in [0.5, 0.6) is 0 Å². The van der Waals surface area contributed by atoms with Crippen LogP contribution in [-0.2, 0) is 29.0 Å². The highest BCUT2D eigenvalue weighted by molar-refractivity contribution is 9.10. The van der Waals surface area contributed by atoms with Gasteiger partial charge in [-0.15, -0.1) is 0 Å². The van der Waals surface area contributed by atoms with Crippen LogP contribution < -0.4 is 16.8 Å². The van der Waals surface area contributed by atoms with Gasteiger partial charge in [0.05, 0.1) is 13.0 Å². The lowest BCUT2D eigenvalue weighted by Crippen LogP contribution is -2.22. The van der Waals surface area contributed by atoms with Crippen LogP contribution in [0.25, 0.3) is 10.9 Å². The Morgan fingerprint density at radius 1 is 1.17 bits per heavy atom. The van der Waals surface area contributed by atoms with Gasteiger partial charge in [-0.2, -0.15) is 0 Å². The molecule has 11 heteroatoms. The highest BCUT2D eigenvalue weighted by Gasteiger charge is 2.31. The maximum absolute atomic E-state index is 13.0. The van der Waals surface area contributed by atoms with Gasteiger partial charge < -0.3 is 32.0 Å². The molecule has 1 aliphatic carbocycles. The molecule has 1 aliphatic rings. The summed E-state index contributed by atoms with van der Waals surface area (Å²) in [5, 5.41) is 22.7. The number of halogens is 1. The summed E-state index contributed by atoms with van der Waals surface area (Å²) < 4.78 is 0.857. The van der Waals surface area contributed by atoms with E-state index in [0.717, 1.165) is 15.4 Å². The molecule has 182 valence electrons. The number of carboxylic acids is 2. The molecular weight excluding hydrogens is 518 g/mol. The molecule has 2 aromatic carbocycles. The minimum Gasteiger partial charge on any atom is -0.481 e. The smallest absolute Gasteiger partial charge is 0.352 e. The topological polar surface area (TPSA) is 184 Å². The van der Waals surface area contributed by atoms with Gasteiger partial charge in [0.15, 0.2) is 5.96 Å². The summed E-state index contributed by atoms with van der Waals surface area (Å²) >= 11 is 3.46. The summed E-state index contributed by atoms with van der Waals surface area (Å²) in [6.07, 6.45) is 1.09. The van der Waals surface area contributed by atoms with E-state index < -0.39 is 11.9 Å². The molecule has 0 radical (unpaired) electrons. The van der Waals surface area contributed by atoms with Crippen molar-refractivity contribution in [2.45, 2.75) is 38.1 Å². The van der Waals surface area contributed by atoms with E-state index >= 15 is 0 Å². The highest BCUT2D eigenvalue weighted by Crippen LogP contribution is 2.42. The number of aromatic nitrogens is 1. The van der Waals surface area contributed by atoms with Gasteiger partial charge >= 0.3 is 11.9 Å². The Kier molecular flexibility index (Phi) is 6.79. The molecule has 35 heavy (non-hydrogen) atoms. The number of carbonyl (C=O) groups excluding carboxylic acids is 1. The van der Waals surface area contributed by atoms with E-state index in [1.165, 1.54) is 0 Å². The van der Waals surface area contributed by atoms with E-state index in [1.54, 1.807) is 18.2 Å². The second-order valence-electron chi connectivity index (χ2n) is 8.50. The molecule has 1 amide bonds. The molecule has 1 unspecified atom stereocenters. The average molecular weight is 542 g/mol. The van der Waals surface area contributed by atoms with Gasteiger partial charge in [-0.1, -0.05) is 28.1 Å². The van der Waals surface area contributed by atoms with Crippen molar-refractivity contribution in [1.82, 2.24) is 4.98 Å². The maximum Gasteiger partial charge on any atom is 0.352 e. The molecule has 0 saturated carbocycles. The third-order valence-electron chi connectivity index (χ3n) is 6.03. The van der Waals surface area contributed by atoms with E-state index in [-0.39, 0.29) is 42.9 Å². The number of anilines is 1. The van der Waals surface area contributed by atoms with Crippen molar-refractivity contribution in [3.63, 3.8) is 0 Å². The fourth-order valence-electron chi connectivity index (χ4n) is 4.64. The van der Waals surface area contributed by atoms with E-state index in [1.807, 2.05) is 12.1 Å². The number of nitrogens with two attached hydrogens (primary N) is 2. The maximum atomic E-state index is 13.0. The molecule has 10 nitrogen and oxygen atoms in total. The number of carboxylic acid groups (broad SMARTS) is 2. The van der Waals surface area contributed by atoms with Crippen LogP contribution in [0, 0.1) is 0 Å². The summed E-state index contributed by atoms with van der Waals surface area (Å²) in [4.78, 5) is 43.3. The number of hydrogen-bond donors (Lipinski definition) is 6. The molecule has 0 bridgehead atoms. The summed E-state index contributed by atoms with van der Waals surface area (Å²) in [5.41, 5.74) is 14.7. The van der Waals surface area contributed by atoms with Gasteiger partial charge in [0.2, 0.25) is 5.91 Å². The van der Waals surface area contributed by atoms with Gasteiger partial charge in [0.1, 0.15) is 5.69 Å². The SMILES string of the molecule is NC(N)=NCc1ccc(NC(=O)CC2CCc3cc(Br)cc4[nH]c(C(=O)O)c2c34)c(CC(=O)O)c1. The number of benzene rings is 2. The lowest BCUT2D eigenvalue weighted by molar-refractivity contribution is -0.136. The number of guanidine groups is 1. The standard InChI is InChI=1S/C24H24BrN5O5/c25-15-6-12-2-3-13(21-20(12)17(9-15)30-22(21)23(34)35)7-18(31)29-16-4-1-11(10-28-24(26)27)5-14(16)8-19(32)33/h1,4-6,9,13,30H,2-3,7-8,10H2,(H,29,31)(H,32,33)(H,34,35)(H4,26,27,28). The summed E-state index contributed by atoms with van der Waals surface area (Å²) in [6, 6.07) is 8.78. The molecule has 1 heterocycles. The van der Waals surface area contributed by atoms with Crippen molar-refractivity contribution < 1.29 is 24.6 Å². The number of H-pyrrole nitrogens is 1. The first-order valence-corrected chi connectivity index (χ1v) is 11.7. The Bertz CT molecular complexity index is 1380. The Balaban J connectivity index is 1.60. The number of aromatic carboxylic acids is 1. The Morgan fingerprint density at radius 2 is 1.94 bits per heavy atom. The number of amides is 1. The molecule has 1 atom stereocenters. The lowest BCUT2D eigenvalue weighted by Gasteiger charge is -2.23. The molecule has 1 aromatic heterocycles. The van der Waals surface area contributed by atoms with E-state index in [0.29, 0.717) is 40.7 Å². The summed E-state index contributed by atoms with van der Waals surface area (Å²) in [5.74, 6) is -2.83. The van der Waals surface area contributed by atoms with Crippen LogP contribution in [0.1, 0.15) is 51.5 Å². The summed E-state index contributed by atoms with van der Waals surface area (Å²) in [6.45, 7) is 0.183. The Labute approximate surface area is 208 Å². The molecule has 0 saturated heterocycles. The predicted molar refractivity (Wildman–Crippen MR) is 135 cm³/mol. The van der Waals surface area contributed by atoms with Crippen LogP contribution in [0.2, 0.25) is 0 Å². The minimum absolute atomic E-state index is 0.0605. The van der Waals surface area contributed by atoms with Crippen molar-refractivity contribution in [1.29, 1.82) is 0 Å². The number of carbonyl (C=O) groups is 3. The average Bonchev–Trinajstić information content (AvgIpc) is 3.16. The number of rotatable bonds is 8. The minimum atomic E-state index is -1.08. The second-order valence-corrected chi connectivity index (χ2v) is 9.41. The number of nitrogens with one attached hydrogen (secondary N) is 2. The van der Waals surface area contributed by atoms with Gasteiger partial charge in [-0.05, 0) is 59.2 Å². The first-order valence-electron chi connectivity index (χ1n) is 10.9. The summed E-state index contributed by atoms with van der Waals surface area (Å²) in [7, 11) is 0. The van der Waals surface area contributed by atoms with Crippen LogP contribution in [0.4, 0.5) is 5.69 Å². The second kappa shape index (κ2) is 9.79.